The third-order valence-corrected chi connectivity index (χ3v) is 2.62. The van der Waals surface area contributed by atoms with E-state index in [-0.39, 0.29) is 5.75 Å². The average Bonchev–Trinajstić information content (AvgIpc) is 2.21. The molecule has 3 nitrogen and oxygen atoms in total. The van der Waals surface area contributed by atoms with E-state index in [1.807, 2.05) is 25.1 Å². The van der Waals surface area contributed by atoms with Gasteiger partial charge in [0.15, 0.2) is 0 Å². The minimum atomic E-state index is 0.135. The molecule has 1 aromatic heterocycles. The molecule has 0 fully saturated rings. The van der Waals surface area contributed by atoms with Crippen LogP contribution in [0.5, 0.6) is 11.5 Å². The van der Waals surface area contributed by atoms with Crippen molar-refractivity contribution in [3.05, 3.63) is 28.9 Å². The molecule has 0 radical (unpaired) electrons. The molecule has 2 rings (SSSR count). The van der Waals surface area contributed by atoms with Crippen LogP contribution >= 0.6 is 15.9 Å². The third kappa shape index (κ3) is 2.04. The molecule has 0 saturated carbocycles. The van der Waals surface area contributed by atoms with Gasteiger partial charge in [-0.2, -0.15) is 0 Å². The first kappa shape index (κ1) is 10.2. The molecule has 0 aliphatic carbocycles. The highest BCUT2D eigenvalue weighted by atomic mass is 79.9. The zero-order valence-corrected chi connectivity index (χ0v) is 9.78. The molecule has 15 heavy (non-hydrogen) atoms. The molecule has 78 valence electrons. The van der Waals surface area contributed by atoms with Gasteiger partial charge in [-0.25, -0.2) is 4.98 Å². The normalized spacial score (nSPS) is 10.5. The van der Waals surface area contributed by atoms with Crippen LogP contribution in [0.25, 0.3) is 10.9 Å². The number of aromatic hydroxyl groups is 1. The minimum absolute atomic E-state index is 0.135. The third-order valence-electron chi connectivity index (χ3n) is 2.03. The van der Waals surface area contributed by atoms with Crippen molar-refractivity contribution in [1.29, 1.82) is 0 Å². The Kier molecular flexibility index (Phi) is 2.77. The fraction of sp³-hybridized carbons (Fsp3) is 0.182. The Morgan fingerprint density at radius 3 is 2.93 bits per heavy atom. The fourth-order valence-corrected chi connectivity index (χ4v) is 1.68. The molecule has 0 unspecified atom stereocenters. The first-order chi connectivity index (χ1) is 7.20. The average molecular weight is 268 g/mol. The monoisotopic (exact) mass is 267 g/mol. The smallest absolute Gasteiger partial charge is 0.149 e. The maximum atomic E-state index is 9.49. The fourth-order valence-electron chi connectivity index (χ4n) is 1.38. The second-order valence-electron chi connectivity index (χ2n) is 3.09. The van der Waals surface area contributed by atoms with Gasteiger partial charge < -0.3 is 9.84 Å². The first-order valence-electron chi connectivity index (χ1n) is 4.63. The molecule has 0 atom stereocenters. The van der Waals surface area contributed by atoms with E-state index in [2.05, 4.69) is 20.9 Å². The molecule has 4 heteroatoms. The highest BCUT2D eigenvalue weighted by Gasteiger charge is 2.03. The van der Waals surface area contributed by atoms with Crippen LogP contribution in [0.2, 0.25) is 0 Å². The van der Waals surface area contributed by atoms with E-state index in [9.17, 15) is 5.11 Å². The van der Waals surface area contributed by atoms with E-state index in [4.69, 9.17) is 4.74 Å². The Morgan fingerprint density at radius 1 is 1.40 bits per heavy atom. The Balaban J connectivity index is 2.56. The predicted molar refractivity (Wildman–Crippen MR) is 62.3 cm³/mol. The van der Waals surface area contributed by atoms with Crippen molar-refractivity contribution in [1.82, 2.24) is 4.98 Å². The summed E-state index contributed by atoms with van der Waals surface area (Å²) in [4.78, 5) is 4.19. The molecule has 0 saturated heterocycles. The maximum absolute atomic E-state index is 9.49. The molecule has 0 aliphatic rings. The highest BCUT2D eigenvalue weighted by Crippen LogP contribution is 2.28. The van der Waals surface area contributed by atoms with Gasteiger partial charge >= 0.3 is 0 Å². The van der Waals surface area contributed by atoms with Crippen molar-refractivity contribution in [2.75, 3.05) is 6.61 Å². The van der Waals surface area contributed by atoms with Crippen LogP contribution in [0, 0.1) is 0 Å². The van der Waals surface area contributed by atoms with Crippen molar-refractivity contribution in [2.45, 2.75) is 6.92 Å². The highest BCUT2D eigenvalue weighted by molar-refractivity contribution is 9.10. The summed E-state index contributed by atoms with van der Waals surface area (Å²) in [6.45, 7) is 2.56. The number of aromatic nitrogens is 1. The van der Waals surface area contributed by atoms with Crippen molar-refractivity contribution < 1.29 is 9.84 Å². The summed E-state index contributed by atoms with van der Waals surface area (Å²) in [7, 11) is 0. The van der Waals surface area contributed by atoms with Crippen LogP contribution in [-0.4, -0.2) is 16.7 Å². The Morgan fingerprint density at radius 2 is 2.20 bits per heavy atom. The topological polar surface area (TPSA) is 42.4 Å². The largest absolute Gasteiger partial charge is 0.505 e. The van der Waals surface area contributed by atoms with Gasteiger partial charge in [-0.1, -0.05) is 0 Å². The van der Waals surface area contributed by atoms with Gasteiger partial charge in [-0.05, 0) is 47.1 Å². The number of pyridine rings is 1. The van der Waals surface area contributed by atoms with Gasteiger partial charge in [0.1, 0.15) is 16.1 Å². The number of fused-ring (bicyclic) bond motifs is 1. The lowest BCUT2D eigenvalue weighted by atomic mass is 10.2. The summed E-state index contributed by atoms with van der Waals surface area (Å²) >= 11 is 3.17. The lowest BCUT2D eigenvalue weighted by Gasteiger charge is -2.05. The summed E-state index contributed by atoms with van der Waals surface area (Å²) in [5.74, 6) is 0.921. The van der Waals surface area contributed by atoms with Gasteiger partial charge in [0.25, 0.3) is 0 Å². The summed E-state index contributed by atoms with van der Waals surface area (Å²) in [6, 6.07) is 7.25. The Bertz CT molecular complexity index is 499. The summed E-state index contributed by atoms with van der Waals surface area (Å²) < 4.78 is 5.82. The lowest BCUT2D eigenvalue weighted by molar-refractivity contribution is 0.340. The molecular weight excluding hydrogens is 258 g/mol. The van der Waals surface area contributed by atoms with Crippen molar-refractivity contribution in [3.8, 4) is 11.5 Å². The number of rotatable bonds is 2. The molecule has 1 heterocycles. The molecule has 0 aliphatic heterocycles. The predicted octanol–water partition coefficient (Wildman–Crippen LogP) is 3.10. The maximum Gasteiger partial charge on any atom is 0.149 e. The second-order valence-corrected chi connectivity index (χ2v) is 3.84. The lowest BCUT2D eigenvalue weighted by Crippen LogP contribution is -1.91. The summed E-state index contributed by atoms with van der Waals surface area (Å²) in [5.41, 5.74) is 0.822. The van der Waals surface area contributed by atoms with Crippen LogP contribution in [-0.2, 0) is 0 Å². The van der Waals surface area contributed by atoms with E-state index in [1.165, 1.54) is 0 Å². The van der Waals surface area contributed by atoms with Crippen molar-refractivity contribution in [3.63, 3.8) is 0 Å². The molecular formula is C11H10BrNO2. The van der Waals surface area contributed by atoms with E-state index in [0.717, 1.165) is 16.7 Å². The van der Waals surface area contributed by atoms with Crippen LogP contribution in [0.4, 0.5) is 0 Å². The second kappa shape index (κ2) is 4.06. The van der Waals surface area contributed by atoms with Gasteiger partial charge in [0.2, 0.25) is 0 Å². The van der Waals surface area contributed by atoms with Gasteiger partial charge in [-0.3, -0.25) is 0 Å². The van der Waals surface area contributed by atoms with Gasteiger partial charge in [0, 0.05) is 5.39 Å². The SMILES string of the molecule is CCOc1ccc2nc(Br)c(O)cc2c1. The van der Waals surface area contributed by atoms with E-state index >= 15 is 0 Å². The Labute approximate surface area is 95.8 Å². The molecule has 1 aromatic carbocycles. The minimum Gasteiger partial charge on any atom is -0.505 e. The van der Waals surface area contributed by atoms with E-state index in [1.54, 1.807) is 6.07 Å². The van der Waals surface area contributed by atoms with E-state index in [0.29, 0.717) is 11.2 Å². The number of hydrogen-bond acceptors (Lipinski definition) is 3. The number of benzene rings is 1. The summed E-state index contributed by atoms with van der Waals surface area (Å²) in [6.07, 6.45) is 0. The molecule has 0 spiro atoms. The number of halogens is 1. The van der Waals surface area contributed by atoms with Crippen LogP contribution in [0.3, 0.4) is 0 Å². The van der Waals surface area contributed by atoms with E-state index < -0.39 is 0 Å². The van der Waals surface area contributed by atoms with Crippen LogP contribution in [0.1, 0.15) is 6.92 Å². The molecule has 0 bridgehead atoms. The quantitative estimate of drug-likeness (QED) is 0.851. The molecule has 1 N–H and O–H groups in total. The van der Waals surface area contributed by atoms with Crippen molar-refractivity contribution in [2.24, 2.45) is 0 Å². The number of nitrogens with zero attached hydrogens (tertiary/aromatic N) is 1. The van der Waals surface area contributed by atoms with Crippen LogP contribution < -0.4 is 4.74 Å². The number of ether oxygens (including phenoxy) is 1. The van der Waals surface area contributed by atoms with Crippen molar-refractivity contribution >= 4 is 26.8 Å². The Hall–Kier alpha value is -1.29. The van der Waals surface area contributed by atoms with Gasteiger partial charge in [-0.15, -0.1) is 0 Å². The standard InChI is InChI=1S/C11H10BrNO2/c1-2-15-8-3-4-9-7(5-8)6-10(14)11(12)13-9/h3-6,14H,2H2,1H3. The zero-order chi connectivity index (χ0) is 10.8. The molecule has 0 amide bonds. The summed E-state index contributed by atoms with van der Waals surface area (Å²) in [5, 5.41) is 10.4. The van der Waals surface area contributed by atoms with Gasteiger partial charge in [0.05, 0.1) is 12.1 Å². The number of hydrogen-bond donors (Lipinski definition) is 1. The molecule has 2 aromatic rings. The first-order valence-corrected chi connectivity index (χ1v) is 5.42. The zero-order valence-electron chi connectivity index (χ0n) is 8.20. The van der Waals surface area contributed by atoms with Crippen LogP contribution in [0.15, 0.2) is 28.9 Å².